The van der Waals surface area contributed by atoms with Crippen molar-refractivity contribution in [2.24, 2.45) is 5.92 Å². The van der Waals surface area contributed by atoms with Gasteiger partial charge in [0.2, 0.25) is 0 Å². The van der Waals surface area contributed by atoms with Crippen LogP contribution >= 0.6 is 0 Å². The molecule has 1 aliphatic carbocycles. The largest absolute Gasteiger partial charge is 0.462 e. The number of carbonyl (C=O) groups excluding carboxylic acids is 1. The third kappa shape index (κ3) is 3.05. The second kappa shape index (κ2) is 5.60. The minimum Gasteiger partial charge on any atom is -0.462 e. The molecule has 18 heavy (non-hydrogen) atoms. The minimum absolute atomic E-state index is 0.00753. The van der Waals surface area contributed by atoms with Crippen molar-refractivity contribution in [1.29, 1.82) is 0 Å². The van der Waals surface area contributed by atoms with E-state index in [4.69, 9.17) is 9.47 Å². The maximum absolute atomic E-state index is 12.2. The van der Waals surface area contributed by atoms with Gasteiger partial charge in [0.15, 0.2) is 0 Å². The topological polar surface area (TPSA) is 38.8 Å². The minimum atomic E-state index is -0.0208. The van der Waals surface area contributed by atoms with Gasteiger partial charge in [0, 0.05) is 0 Å². The number of ether oxygens (including phenoxy) is 2. The fraction of sp³-hybridized carbons (Fsp3) is 0.933. The third-order valence-corrected chi connectivity index (χ3v) is 4.42. The molecule has 0 spiro atoms. The predicted octanol–water partition coefficient (Wildman–Crippen LogP) is 3.46. The van der Waals surface area contributed by atoms with Gasteiger partial charge < -0.3 is 9.47 Å². The van der Waals surface area contributed by atoms with E-state index >= 15 is 0 Å². The van der Waals surface area contributed by atoms with E-state index in [0.717, 1.165) is 44.9 Å². The van der Waals surface area contributed by atoms with Gasteiger partial charge in [0.05, 0.1) is 17.6 Å². The van der Waals surface area contributed by atoms with Crippen molar-refractivity contribution in [2.45, 2.75) is 83.5 Å². The highest BCUT2D eigenvalue weighted by atomic mass is 16.6. The summed E-state index contributed by atoms with van der Waals surface area (Å²) in [4.78, 5) is 12.2. The van der Waals surface area contributed by atoms with E-state index in [1.54, 1.807) is 0 Å². The Morgan fingerprint density at radius 1 is 1.44 bits per heavy atom. The first kappa shape index (κ1) is 13.9. The highest BCUT2D eigenvalue weighted by molar-refractivity contribution is 5.73. The Hall–Kier alpha value is -0.570. The monoisotopic (exact) mass is 254 g/mol. The first-order chi connectivity index (χ1) is 8.59. The summed E-state index contributed by atoms with van der Waals surface area (Å²) >= 11 is 0. The van der Waals surface area contributed by atoms with Crippen LogP contribution in [-0.4, -0.2) is 23.8 Å². The quantitative estimate of drug-likeness (QED) is 0.538. The number of epoxide rings is 1. The summed E-state index contributed by atoms with van der Waals surface area (Å²) < 4.78 is 11.3. The number of carbonyl (C=O) groups is 1. The van der Waals surface area contributed by atoms with Crippen LogP contribution in [-0.2, 0) is 14.3 Å². The molecule has 0 aromatic carbocycles. The zero-order chi connectivity index (χ0) is 13.2. The Bertz CT molecular complexity index is 302. The summed E-state index contributed by atoms with van der Waals surface area (Å²) in [7, 11) is 0. The highest BCUT2D eigenvalue weighted by Gasteiger charge is 2.56. The molecular formula is C15H26O3. The highest BCUT2D eigenvalue weighted by Crippen LogP contribution is 2.49. The van der Waals surface area contributed by atoms with E-state index < -0.39 is 0 Å². The molecule has 2 rings (SSSR count). The SMILES string of the molecule is CCCCC(CC)OC(=O)C1CCC2OC2(C)C1. The van der Waals surface area contributed by atoms with E-state index in [1.165, 1.54) is 0 Å². The first-order valence-electron chi connectivity index (χ1n) is 7.47. The van der Waals surface area contributed by atoms with Crippen LogP contribution in [0.5, 0.6) is 0 Å². The van der Waals surface area contributed by atoms with E-state index in [2.05, 4.69) is 20.8 Å². The number of hydrogen-bond acceptors (Lipinski definition) is 3. The predicted molar refractivity (Wildman–Crippen MR) is 70.3 cm³/mol. The van der Waals surface area contributed by atoms with E-state index in [9.17, 15) is 4.79 Å². The first-order valence-corrected chi connectivity index (χ1v) is 7.47. The molecule has 4 atom stereocenters. The van der Waals surface area contributed by atoms with Crippen LogP contribution in [0.1, 0.15) is 65.7 Å². The van der Waals surface area contributed by atoms with E-state index in [1.807, 2.05) is 0 Å². The molecule has 1 aliphatic heterocycles. The maximum Gasteiger partial charge on any atom is 0.309 e. The van der Waals surface area contributed by atoms with Crippen LogP contribution in [0.4, 0.5) is 0 Å². The zero-order valence-corrected chi connectivity index (χ0v) is 11.9. The summed E-state index contributed by atoms with van der Waals surface area (Å²) in [6, 6.07) is 0. The van der Waals surface area contributed by atoms with Crippen molar-refractivity contribution < 1.29 is 14.3 Å². The smallest absolute Gasteiger partial charge is 0.309 e. The number of hydrogen-bond donors (Lipinski definition) is 0. The molecule has 3 nitrogen and oxygen atoms in total. The summed E-state index contributed by atoms with van der Waals surface area (Å²) in [5, 5.41) is 0. The van der Waals surface area contributed by atoms with E-state index in [0.29, 0.717) is 6.10 Å². The van der Waals surface area contributed by atoms with Crippen molar-refractivity contribution in [3.05, 3.63) is 0 Å². The van der Waals surface area contributed by atoms with Crippen molar-refractivity contribution in [1.82, 2.24) is 0 Å². The summed E-state index contributed by atoms with van der Waals surface area (Å²) in [6.45, 7) is 6.38. The van der Waals surface area contributed by atoms with E-state index in [-0.39, 0.29) is 23.6 Å². The molecular weight excluding hydrogens is 228 g/mol. The second-order valence-electron chi connectivity index (χ2n) is 6.01. The Morgan fingerprint density at radius 2 is 2.22 bits per heavy atom. The second-order valence-corrected chi connectivity index (χ2v) is 6.01. The molecule has 4 unspecified atom stereocenters. The molecule has 2 fully saturated rings. The number of fused-ring (bicyclic) bond motifs is 1. The lowest BCUT2D eigenvalue weighted by atomic mass is 9.82. The molecule has 0 bridgehead atoms. The summed E-state index contributed by atoms with van der Waals surface area (Å²) in [6.07, 6.45) is 7.54. The Labute approximate surface area is 110 Å². The molecule has 0 aromatic rings. The van der Waals surface area contributed by atoms with Crippen molar-refractivity contribution in [3.63, 3.8) is 0 Å². The van der Waals surface area contributed by atoms with Gasteiger partial charge in [-0.1, -0.05) is 26.7 Å². The van der Waals surface area contributed by atoms with Crippen molar-refractivity contribution in [2.75, 3.05) is 0 Å². The molecule has 0 aromatic heterocycles. The summed E-state index contributed by atoms with van der Waals surface area (Å²) in [5.41, 5.74) is -0.0208. The standard InChI is InChI=1S/C15H26O3/c1-4-6-7-12(5-2)17-14(16)11-8-9-13-15(3,10-11)18-13/h11-13H,4-10H2,1-3H3. The average molecular weight is 254 g/mol. The molecule has 0 N–H and O–H groups in total. The van der Waals surface area contributed by atoms with Gasteiger partial charge in [-0.05, 0) is 39.0 Å². The number of unbranched alkanes of at least 4 members (excludes halogenated alkanes) is 1. The van der Waals surface area contributed by atoms with Crippen LogP contribution in [0.15, 0.2) is 0 Å². The van der Waals surface area contributed by atoms with Gasteiger partial charge in [-0.2, -0.15) is 0 Å². The van der Waals surface area contributed by atoms with Crippen LogP contribution < -0.4 is 0 Å². The molecule has 3 heteroatoms. The molecule has 2 aliphatic rings. The Balaban J connectivity index is 1.79. The average Bonchev–Trinajstić information content (AvgIpc) is 3.04. The van der Waals surface area contributed by atoms with Crippen molar-refractivity contribution >= 4 is 5.97 Å². The number of esters is 1. The van der Waals surface area contributed by atoms with Gasteiger partial charge in [0.1, 0.15) is 6.10 Å². The zero-order valence-electron chi connectivity index (χ0n) is 11.9. The third-order valence-electron chi connectivity index (χ3n) is 4.42. The Kier molecular flexibility index (Phi) is 4.31. The van der Waals surface area contributed by atoms with Gasteiger partial charge in [-0.3, -0.25) is 4.79 Å². The van der Waals surface area contributed by atoms with Crippen LogP contribution in [0, 0.1) is 5.92 Å². The van der Waals surface area contributed by atoms with Gasteiger partial charge in [0.25, 0.3) is 0 Å². The normalized spacial score (nSPS) is 35.7. The van der Waals surface area contributed by atoms with Crippen molar-refractivity contribution in [3.8, 4) is 0 Å². The molecule has 1 saturated carbocycles. The molecule has 1 heterocycles. The lowest BCUT2D eigenvalue weighted by molar-refractivity contribution is -0.156. The maximum atomic E-state index is 12.2. The number of rotatable bonds is 6. The lowest BCUT2D eigenvalue weighted by Crippen LogP contribution is -2.31. The Morgan fingerprint density at radius 3 is 2.83 bits per heavy atom. The van der Waals surface area contributed by atoms with Gasteiger partial charge in [-0.15, -0.1) is 0 Å². The lowest BCUT2D eigenvalue weighted by Gasteiger charge is -2.24. The molecule has 0 radical (unpaired) electrons. The van der Waals surface area contributed by atoms with Gasteiger partial charge >= 0.3 is 5.97 Å². The molecule has 1 saturated heterocycles. The van der Waals surface area contributed by atoms with Crippen LogP contribution in [0.2, 0.25) is 0 Å². The fourth-order valence-electron chi connectivity index (χ4n) is 3.02. The van der Waals surface area contributed by atoms with Crippen LogP contribution in [0.25, 0.3) is 0 Å². The van der Waals surface area contributed by atoms with Gasteiger partial charge in [-0.25, -0.2) is 0 Å². The van der Waals surface area contributed by atoms with Crippen LogP contribution in [0.3, 0.4) is 0 Å². The molecule has 104 valence electrons. The fourth-order valence-corrected chi connectivity index (χ4v) is 3.02. The molecule has 0 amide bonds. The summed E-state index contributed by atoms with van der Waals surface area (Å²) in [5.74, 6) is 0.0672.